The Labute approximate surface area is 94.6 Å². The highest BCUT2D eigenvalue weighted by atomic mass is 79.9. The second kappa shape index (κ2) is 3.58. The lowest BCUT2D eigenvalue weighted by molar-refractivity contribution is 0.887. The first-order valence-electron chi connectivity index (χ1n) is 4.22. The molecule has 0 unspecified atom stereocenters. The molecule has 0 amide bonds. The van der Waals surface area contributed by atoms with Crippen LogP contribution in [0.25, 0.3) is 0 Å². The predicted molar refractivity (Wildman–Crippen MR) is 61.1 cm³/mol. The monoisotopic (exact) mass is 304 g/mol. The van der Waals surface area contributed by atoms with Crippen LogP contribution in [0.3, 0.4) is 0 Å². The van der Waals surface area contributed by atoms with E-state index in [-0.39, 0.29) is 0 Å². The van der Waals surface area contributed by atoms with Gasteiger partial charge in [-0.1, -0.05) is 0 Å². The topological polar surface area (TPSA) is 16.1 Å². The number of hydrogen-bond acceptors (Lipinski definition) is 2. The molecular formula is C9H10Br2N2. The van der Waals surface area contributed by atoms with E-state index in [1.165, 1.54) is 12.8 Å². The molecule has 2 nitrogen and oxygen atoms in total. The molecule has 1 aromatic rings. The number of rotatable bonds is 2. The van der Waals surface area contributed by atoms with Crippen LogP contribution < -0.4 is 4.90 Å². The smallest absolute Gasteiger partial charge is 0.142 e. The van der Waals surface area contributed by atoms with Gasteiger partial charge in [-0.25, -0.2) is 4.98 Å². The average Bonchev–Trinajstić information content (AvgIpc) is 2.85. The SMILES string of the molecule is CN(c1ncc(Br)cc1Br)C1CC1. The zero-order valence-electron chi connectivity index (χ0n) is 7.30. The van der Waals surface area contributed by atoms with Crippen LogP contribution in [0.5, 0.6) is 0 Å². The van der Waals surface area contributed by atoms with Crippen molar-refractivity contribution >= 4 is 37.7 Å². The fourth-order valence-corrected chi connectivity index (χ4v) is 2.57. The van der Waals surface area contributed by atoms with E-state index in [9.17, 15) is 0 Å². The number of anilines is 1. The Kier molecular flexibility index (Phi) is 2.60. The average molecular weight is 306 g/mol. The van der Waals surface area contributed by atoms with Crippen LogP contribution in [0.4, 0.5) is 5.82 Å². The first-order chi connectivity index (χ1) is 6.18. The minimum atomic E-state index is 0.699. The maximum absolute atomic E-state index is 4.37. The number of hydrogen-bond donors (Lipinski definition) is 0. The molecule has 1 saturated carbocycles. The van der Waals surface area contributed by atoms with Gasteiger partial charge in [0.25, 0.3) is 0 Å². The maximum atomic E-state index is 4.37. The largest absolute Gasteiger partial charge is 0.356 e. The number of nitrogens with zero attached hydrogens (tertiary/aromatic N) is 2. The Morgan fingerprint density at radius 1 is 1.46 bits per heavy atom. The van der Waals surface area contributed by atoms with Gasteiger partial charge in [-0.2, -0.15) is 0 Å². The van der Waals surface area contributed by atoms with Crippen molar-refractivity contribution in [1.29, 1.82) is 0 Å². The standard InChI is InChI=1S/C9H10Br2N2/c1-13(7-2-3-7)9-8(11)4-6(10)5-12-9/h4-5,7H,2-3H2,1H3. The molecular weight excluding hydrogens is 296 g/mol. The molecule has 0 bridgehead atoms. The minimum Gasteiger partial charge on any atom is -0.356 e. The molecule has 0 aromatic carbocycles. The molecule has 2 rings (SSSR count). The maximum Gasteiger partial charge on any atom is 0.142 e. The summed E-state index contributed by atoms with van der Waals surface area (Å²) in [6.07, 6.45) is 4.42. The predicted octanol–water partition coefficient (Wildman–Crippen LogP) is 3.21. The molecule has 0 aliphatic heterocycles. The number of pyridine rings is 1. The summed E-state index contributed by atoms with van der Waals surface area (Å²) in [5, 5.41) is 0. The summed E-state index contributed by atoms with van der Waals surface area (Å²) in [4.78, 5) is 6.60. The van der Waals surface area contributed by atoms with E-state index in [1.54, 1.807) is 0 Å². The third-order valence-electron chi connectivity index (χ3n) is 2.22. The minimum absolute atomic E-state index is 0.699. The molecule has 0 spiro atoms. The van der Waals surface area contributed by atoms with E-state index < -0.39 is 0 Å². The molecule has 4 heteroatoms. The summed E-state index contributed by atoms with van der Waals surface area (Å²) in [7, 11) is 2.10. The van der Waals surface area contributed by atoms with Crippen LogP contribution >= 0.6 is 31.9 Å². The van der Waals surface area contributed by atoms with Crippen molar-refractivity contribution in [3.8, 4) is 0 Å². The van der Waals surface area contributed by atoms with Crippen molar-refractivity contribution in [3.63, 3.8) is 0 Å². The quantitative estimate of drug-likeness (QED) is 0.834. The van der Waals surface area contributed by atoms with Crippen LogP contribution in [0.1, 0.15) is 12.8 Å². The molecule has 0 radical (unpaired) electrons. The zero-order valence-corrected chi connectivity index (χ0v) is 10.5. The van der Waals surface area contributed by atoms with Gasteiger partial charge in [0.1, 0.15) is 5.82 Å². The molecule has 0 atom stereocenters. The molecule has 1 aromatic heterocycles. The summed E-state index contributed by atoms with van der Waals surface area (Å²) in [5.74, 6) is 1.03. The lowest BCUT2D eigenvalue weighted by atomic mass is 10.4. The summed E-state index contributed by atoms with van der Waals surface area (Å²) < 4.78 is 2.06. The van der Waals surface area contributed by atoms with Gasteiger partial charge in [0.2, 0.25) is 0 Å². The van der Waals surface area contributed by atoms with Crippen molar-refractivity contribution in [2.45, 2.75) is 18.9 Å². The Morgan fingerprint density at radius 2 is 2.15 bits per heavy atom. The van der Waals surface area contributed by atoms with Crippen molar-refractivity contribution in [2.75, 3.05) is 11.9 Å². The van der Waals surface area contributed by atoms with Crippen LogP contribution in [0, 0.1) is 0 Å². The summed E-state index contributed by atoms with van der Waals surface area (Å²) in [6, 6.07) is 2.73. The van der Waals surface area contributed by atoms with Gasteiger partial charge in [0, 0.05) is 23.8 Å². The molecule has 70 valence electrons. The van der Waals surface area contributed by atoms with Crippen molar-refractivity contribution in [2.24, 2.45) is 0 Å². The molecule has 1 heterocycles. The van der Waals surface area contributed by atoms with Crippen molar-refractivity contribution < 1.29 is 0 Å². The Hall–Kier alpha value is -0.0900. The first kappa shape index (κ1) is 9.46. The molecule has 13 heavy (non-hydrogen) atoms. The van der Waals surface area contributed by atoms with E-state index >= 15 is 0 Å². The summed E-state index contributed by atoms with van der Waals surface area (Å²) >= 11 is 6.90. The van der Waals surface area contributed by atoms with Crippen LogP contribution in [0.2, 0.25) is 0 Å². The van der Waals surface area contributed by atoms with Gasteiger partial charge in [-0.15, -0.1) is 0 Å². The molecule has 1 fully saturated rings. The summed E-state index contributed by atoms with van der Waals surface area (Å²) in [5.41, 5.74) is 0. The fourth-order valence-electron chi connectivity index (χ4n) is 1.30. The highest BCUT2D eigenvalue weighted by Gasteiger charge is 2.28. The van der Waals surface area contributed by atoms with E-state index in [4.69, 9.17) is 0 Å². The molecule has 1 aliphatic rings. The van der Waals surface area contributed by atoms with Gasteiger partial charge in [-0.3, -0.25) is 0 Å². The highest BCUT2D eigenvalue weighted by molar-refractivity contribution is 9.11. The van der Waals surface area contributed by atoms with E-state index in [2.05, 4.69) is 48.8 Å². The second-order valence-electron chi connectivity index (χ2n) is 3.30. The molecule has 0 saturated heterocycles. The zero-order chi connectivity index (χ0) is 9.42. The number of aromatic nitrogens is 1. The normalized spacial score (nSPS) is 15.9. The van der Waals surface area contributed by atoms with Crippen molar-refractivity contribution in [3.05, 3.63) is 21.2 Å². The Balaban J connectivity index is 2.28. The third-order valence-corrected chi connectivity index (χ3v) is 3.23. The van der Waals surface area contributed by atoms with E-state index in [1.807, 2.05) is 12.3 Å². The molecule has 0 N–H and O–H groups in total. The van der Waals surface area contributed by atoms with Crippen molar-refractivity contribution in [1.82, 2.24) is 4.98 Å². The van der Waals surface area contributed by atoms with Crippen LogP contribution in [0.15, 0.2) is 21.2 Å². The van der Waals surface area contributed by atoms with E-state index in [0.717, 1.165) is 14.8 Å². The number of halogens is 2. The van der Waals surface area contributed by atoms with Gasteiger partial charge in [0.15, 0.2) is 0 Å². The lowest BCUT2D eigenvalue weighted by Crippen LogP contribution is -2.20. The fraction of sp³-hybridized carbons (Fsp3) is 0.444. The Morgan fingerprint density at radius 3 is 2.69 bits per heavy atom. The molecule has 1 aliphatic carbocycles. The third kappa shape index (κ3) is 2.05. The second-order valence-corrected chi connectivity index (χ2v) is 5.07. The van der Waals surface area contributed by atoms with Gasteiger partial charge >= 0.3 is 0 Å². The van der Waals surface area contributed by atoms with Gasteiger partial charge in [0.05, 0.1) is 4.47 Å². The highest BCUT2D eigenvalue weighted by Crippen LogP contribution is 2.33. The van der Waals surface area contributed by atoms with Crippen LogP contribution in [-0.2, 0) is 0 Å². The van der Waals surface area contributed by atoms with Crippen LogP contribution in [-0.4, -0.2) is 18.1 Å². The Bertz CT molecular complexity index is 323. The van der Waals surface area contributed by atoms with Gasteiger partial charge < -0.3 is 4.90 Å². The first-order valence-corrected chi connectivity index (χ1v) is 5.81. The van der Waals surface area contributed by atoms with E-state index in [0.29, 0.717) is 6.04 Å². The van der Waals surface area contributed by atoms with Gasteiger partial charge in [-0.05, 0) is 50.8 Å². The summed E-state index contributed by atoms with van der Waals surface area (Å²) in [6.45, 7) is 0. The lowest BCUT2D eigenvalue weighted by Gasteiger charge is -2.18.